The van der Waals surface area contributed by atoms with Crippen LogP contribution >= 0.6 is 0 Å². The van der Waals surface area contributed by atoms with Crippen LogP contribution in [0.25, 0.3) is 38.6 Å². The molecule has 6 aromatic rings. The molecule has 0 atom stereocenters. The van der Waals surface area contributed by atoms with E-state index in [2.05, 4.69) is 25.2 Å². The van der Waals surface area contributed by atoms with Crippen LogP contribution in [0.15, 0.2) is 73.3 Å². The summed E-state index contributed by atoms with van der Waals surface area (Å²) in [4.78, 5) is 20.5. The van der Waals surface area contributed by atoms with Crippen molar-refractivity contribution in [1.29, 1.82) is 0 Å². The second kappa shape index (κ2) is 10.2. The van der Waals surface area contributed by atoms with Crippen molar-refractivity contribution < 1.29 is 13.5 Å². The van der Waals surface area contributed by atoms with Crippen LogP contribution in [0.3, 0.4) is 0 Å². The van der Waals surface area contributed by atoms with Gasteiger partial charge >= 0.3 is 6.01 Å². The zero-order chi connectivity index (χ0) is 29.0. The number of imidazole rings is 1. The monoisotopic (exact) mass is 577 g/mol. The van der Waals surface area contributed by atoms with Crippen molar-refractivity contribution in [2.24, 2.45) is 0 Å². The van der Waals surface area contributed by atoms with Crippen LogP contribution in [0, 0.1) is 11.6 Å². The number of hydrogen-bond donors (Lipinski definition) is 1. The van der Waals surface area contributed by atoms with Gasteiger partial charge in [0.2, 0.25) is 0 Å². The van der Waals surface area contributed by atoms with Gasteiger partial charge in [0.05, 0.1) is 10.9 Å². The molecule has 2 aliphatic rings. The van der Waals surface area contributed by atoms with Crippen LogP contribution in [0.2, 0.25) is 0 Å². The Bertz CT molecular complexity index is 1990. The lowest BCUT2D eigenvalue weighted by Crippen LogP contribution is -2.43. The summed E-state index contributed by atoms with van der Waals surface area (Å²) in [5.41, 5.74) is 2.29. The number of ether oxygens (including phenoxy) is 1. The molecule has 8 nitrogen and oxygen atoms in total. The highest BCUT2D eigenvalue weighted by Crippen LogP contribution is 2.39. The smallest absolute Gasteiger partial charge is 0.319 e. The van der Waals surface area contributed by atoms with Crippen molar-refractivity contribution in [2.75, 3.05) is 25.0 Å². The predicted molar refractivity (Wildman–Crippen MR) is 161 cm³/mol. The number of aromatic nitrogens is 5. The largest absolute Gasteiger partial charge is 0.461 e. The van der Waals surface area contributed by atoms with Crippen molar-refractivity contribution >= 4 is 33.1 Å². The maximum atomic E-state index is 16.5. The Hall–Kier alpha value is -4.70. The van der Waals surface area contributed by atoms with Gasteiger partial charge in [-0.3, -0.25) is 9.88 Å². The van der Waals surface area contributed by atoms with Crippen LogP contribution in [-0.2, 0) is 6.54 Å². The van der Waals surface area contributed by atoms with Crippen molar-refractivity contribution in [3.63, 3.8) is 0 Å². The van der Waals surface area contributed by atoms with E-state index in [0.717, 1.165) is 50.0 Å². The molecule has 0 bridgehead atoms. The van der Waals surface area contributed by atoms with Crippen LogP contribution < -0.4 is 10.1 Å². The Morgan fingerprint density at radius 1 is 0.953 bits per heavy atom. The van der Waals surface area contributed by atoms with Gasteiger partial charge in [0.15, 0.2) is 5.82 Å². The lowest BCUT2D eigenvalue weighted by molar-refractivity contribution is 0.108. The SMILES string of the molecule is Fc1c(-c2cccc3cccc(F)c23)ncc2c(NCc3ccc4nccn4c3)nc(OCC34CCCN3CCC4)nc12. The molecule has 43 heavy (non-hydrogen) atoms. The number of benzene rings is 2. The summed E-state index contributed by atoms with van der Waals surface area (Å²) in [5, 5.41) is 4.76. The molecule has 2 fully saturated rings. The van der Waals surface area contributed by atoms with E-state index in [-0.39, 0.29) is 22.8 Å². The van der Waals surface area contributed by atoms with Crippen LogP contribution in [0.4, 0.5) is 14.6 Å². The average Bonchev–Trinajstić information content (AvgIpc) is 3.75. The fourth-order valence-electron chi connectivity index (χ4n) is 6.83. The first-order valence-corrected chi connectivity index (χ1v) is 14.7. The molecule has 6 heterocycles. The Morgan fingerprint density at radius 2 is 1.79 bits per heavy atom. The quantitative estimate of drug-likeness (QED) is 0.236. The molecule has 0 aliphatic carbocycles. The van der Waals surface area contributed by atoms with Gasteiger partial charge in [-0.2, -0.15) is 9.97 Å². The second-order valence-corrected chi connectivity index (χ2v) is 11.5. The molecule has 10 heteroatoms. The van der Waals surface area contributed by atoms with E-state index in [1.807, 2.05) is 28.9 Å². The molecule has 2 saturated heterocycles. The molecule has 4 aromatic heterocycles. The number of pyridine rings is 2. The summed E-state index contributed by atoms with van der Waals surface area (Å²) in [6.07, 6.45) is 11.6. The minimum atomic E-state index is -0.648. The molecular formula is C33H29F2N7O. The third-order valence-electron chi connectivity index (χ3n) is 8.96. The Morgan fingerprint density at radius 3 is 2.65 bits per heavy atom. The lowest BCUT2D eigenvalue weighted by atomic mass is 9.95. The summed E-state index contributed by atoms with van der Waals surface area (Å²) >= 11 is 0. The lowest BCUT2D eigenvalue weighted by Gasteiger charge is -2.31. The van der Waals surface area contributed by atoms with Crippen molar-refractivity contribution in [3.05, 3.63) is 90.5 Å². The summed E-state index contributed by atoms with van der Waals surface area (Å²) < 4.78 is 39.6. The van der Waals surface area contributed by atoms with Crippen LogP contribution in [0.5, 0.6) is 6.01 Å². The highest BCUT2D eigenvalue weighted by Gasteiger charge is 2.45. The van der Waals surface area contributed by atoms with Crippen molar-refractivity contribution in [3.8, 4) is 17.3 Å². The zero-order valence-corrected chi connectivity index (χ0v) is 23.4. The number of fused-ring (bicyclic) bond motifs is 4. The van der Waals surface area contributed by atoms with Crippen molar-refractivity contribution in [1.82, 2.24) is 29.2 Å². The Kier molecular flexibility index (Phi) is 6.18. The molecule has 0 radical (unpaired) electrons. The first-order valence-electron chi connectivity index (χ1n) is 14.7. The normalized spacial score (nSPS) is 16.3. The molecule has 8 rings (SSSR count). The van der Waals surface area contributed by atoms with Gasteiger partial charge in [-0.1, -0.05) is 36.4 Å². The molecule has 1 N–H and O–H groups in total. The fraction of sp³-hybridized carbons (Fsp3) is 0.273. The molecular weight excluding hydrogens is 548 g/mol. The van der Waals surface area contributed by atoms with Gasteiger partial charge in [-0.15, -0.1) is 0 Å². The molecule has 0 unspecified atom stereocenters. The van der Waals surface area contributed by atoms with Gasteiger partial charge in [0, 0.05) is 42.3 Å². The first-order chi connectivity index (χ1) is 21.1. The fourth-order valence-corrected chi connectivity index (χ4v) is 6.83. The van der Waals surface area contributed by atoms with Gasteiger partial charge in [-0.25, -0.2) is 13.8 Å². The molecule has 0 saturated carbocycles. The second-order valence-electron chi connectivity index (χ2n) is 11.5. The van der Waals surface area contributed by atoms with Crippen LogP contribution in [0.1, 0.15) is 31.2 Å². The highest BCUT2D eigenvalue weighted by atomic mass is 19.1. The van der Waals surface area contributed by atoms with Crippen molar-refractivity contribution in [2.45, 2.75) is 37.8 Å². The average molecular weight is 578 g/mol. The minimum absolute atomic E-state index is 0.0193. The molecule has 2 aromatic carbocycles. The number of nitrogens with zero attached hydrogens (tertiary/aromatic N) is 6. The van der Waals surface area contributed by atoms with E-state index in [0.29, 0.717) is 40.7 Å². The standard InChI is InChI=1S/C33H29F2N7O/c34-25-8-2-6-22-5-1-7-23(27(22)25)29-28(35)30-24(18-37-29)31(38-17-21-9-10-26-36-13-16-41(26)19-21)40-32(39-30)43-20-33-11-3-14-42(33)15-4-12-33/h1-2,5-10,13,16,18-19H,3-4,11-12,14-15,17,20H2,(H,38,39,40). The Balaban J connectivity index is 1.21. The number of halogens is 2. The molecule has 2 aliphatic heterocycles. The van der Waals surface area contributed by atoms with E-state index < -0.39 is 11.6 Å². The minimum Gasteiger partial charge on any atom is -0.461 e. The summed E-state index contributed by atoms with van der Waals surface area (Å²) in [6, 6.07) is 14.1. The molecule has 0 spiro atoms. The number of nitrogens with one attached hydrogen (secondary N) is 1. The van der Waals surface area contributed by atoms with E-state index in [1.54, 1.807) is 42.7 Å². The third kappa shape index (κ3) is 4.44. The predicted octanol–water partition coefficient (Wildman–Crippen LogP) is 6.39. The Labute approximate surface area is 246 Å². The number of rotatable bonds is 7. The summed E-state index contributed by atoms with van der Waals surface area (Å²) in [5.74, 6) is -0.667. The van der Waals surface area contributed by atoms with Crippen LogP contribution in [-0.4, -0.2) is 54.5 Å². The van der Waals surface area contributed by atoms with E-state index in [4.69, 9.17) is 9.72 Å². The van der Waals surface area contributed by atoms with Gasteiger partial charge in [0.25, 0.3) is 0 Å². The third-order valence-corrected chi connectivity index (χ3v) is 8.96. The van der Waals surface area contributed by atoms with Gasteiger partial charge in [0.1, 0.15) is 35.1 Å². The van der Waals surface area contributed by atoms with E-state index >= 15 is 4.39 Å². The van der Waals surface area contributed by atoms with Gasteiger partial charge in [-0.05, 0) is 61.9 Å². The molecule has 0 amide bonds. The highest BCUT2D eigenvalue weighted by molar-refractivity contribution is 5.99. The topological polar surface area (TPSA) is 80.5 Å². The molecule has 216 valence electrons. The first kappa shape index (κ1) is 26.0. The van der Waals surface area contributed by atoms with Gasteiger partial charge < -0.3 is 14.5 Å². The number of anilines is 1. The van der Waals surface area contributed by atoms with E-state index in [9.17, 15) is 4.39 Å². The summed E-state index contributed by atoms with van der Waals surface area (Å²) in [7, 11) is 0. The maximum Gasteiger partial charge on any atom is 0.319 e. The zero-order valence-electron chi connectivity index (χ0n) is 23.4. The summed E-state index contributed by atoms with van der Waals surface area (Å²) in [6.45, 7) is 3.02. The maximum absolute atomic E-state index is 16.5. The van der Waals surface area contributed by atoms with E-state index in [1.165, 1.54) is 6.07 Å². The number of hydrogen-bond acceptors (Lipinski definition) is 7.